The normalized spacial score (nSPS) is 20.2. The molecule has 1 N–H and O–H groups in total. The Kier molecular flexibility index (Phi) is 9.07. The van der Waals surface area contributed by atoms with E-state index >= 15 is 0 Å². The van der Waals surface area contributed by atoms with Crippen LogP contribution in [-0.4, -0.2) is 36.0 Å². The summed E-state index contributed by atoms with van der Waals surface area (Å²) >= 11 is 0. The first kappa shape index (κ1) is 22.1. The number of hydrogen-bond acceptors (Lipinski definition) is 4. The number of nitro benzene ring substituents is 1. The molecule has 5 nitrogen and oxygen atoms in total. The second kappa shape index (κ2) is 10.3. The molecule has 2 fully saturated rings. The predicted octanol–water partition coefficient (Wildman–Crippen LogP) is 4.10. The molecule has 0 spiro atoms. The van der Waals surface area contributed by atoms with Gasteiger partial charge in [0, 0.05) is 49.9 Å². The highest BCUT2D eigenvalue weighted by molar-refractivity contribution is 5.85. The fourth-order valence-corrected chi connectivity index (χ4v) is 4.03. The van der Waals surface area contributed by atoms with Crippen LogP contribution >= 0.6 is 24.8 Å². The average Bonchev–Trinajstić information content (AvgIpc) is 2.58. The van der Waals surface area contributed by atoms with Crippen LogP contribution in [0.15, 0.2) is 18.2 Å². The van der Waals surface area contributed by atoms with E-state index < -0.39 is 4.92 Å². The van der Waals surface area contributed by atoms with Gasteiger partial charge in [0.1, 0.15) is 5.82 Å². The van der Waals surface area contributed by atoms with Gasteiger partial charge in [-0.2, -0.15) is 0 Å². The quantitative estimate of drug-likeness (QED) is 0.617. The van der Waals surface area contributed by atoms with E-state index in [2.05, 4.69) is 10.2 Å². The third-order valence-electron chi connectivity index (χ3n) is 5.15. The maximum absolute atomic E-state index is 14.5. The highest BCUT2D eigenvalue weighted by Gasteiger charge is 2.33. The van der Waals surface area contributed by atoms with Gasteiger partial charge >= 0.3 is 0 Å². The smallest absolute Gasteiger partial charge is 0.269 e. The molecule has 3 rings (SSSR count). The molecule has 25 heavy (non-hydrogen) atoms. The minimum absolute atomic E-state index is 0. The Labute approximate surface area is 160 Å². The Morgan fingerprint density at radius 3 is 2.40 bits per heavy atom. The molecule has 1 heterocycles. The summed E-state index contributed by atoms with van der Waals surface area (Å²) in [4.78, 5) is 13.0. The van der Waals surface area contributed by atoms with Gasteiger partial charge in [0.15, 0.2) is 0 Å². The van der Waals surface area contributed by atoms with E-state index in [1.165, 1.54) is 37.5 Å². The van der Waals surface area contributed by atoms with E-state index in [4.69, 9.17) is 0 Å². The number of piperazine rings is 1. The first-order chi connectivity index (χ1) is 11.2. The summed E-state index contributed by atoms with van der Waals surface area (Å²) in [5, 5.41) is 14.4. The van der Waals surface area contributed by atoms with Crippen molar-refractivity contribution < 1.29 is 9.31 Å². The number of non-ortho nitro benzene ring substituents is 1. The Hall–Kier alpha value is -0.950. The van der Waals surface area contributed by atoms with Crippen LogP contribution in [0.1, 0.15) is 43.7 Å². The fraction of sp³-hybridized carbons (Fsp3) is 0.647. The summed E-state index contributed by atoms with van der Waals surface area (Å²) in [7, 11) is 0. The van der Waals surface area contributed by atoms with Gasteiger partial charge in [0.2, 0.25) is 0 Å². The van der Waals surface area contributed by atoms with Crippen LogP contribution in [0.5, 0.6) is 0 Å². The predicted molar refractivity (Wildman–Crippen MR) is 101 cm³/mol. The average molecular weight is 394 g/mol. The first-order valence-electron chi connectivity index (χ1n) is 8.55. The number of nitro groups is 1. The lowest BCUT2D eigenvalue weighted by atomic mass is 9.80. The van der Waals surface area contributed by atoms with Gasteiger partial charge < -0.3 is 5.32 Å². The van der Waals surface area contributed by atoms with Gasteiger partial charge in [-0.15, -0.1) is 24.8 Å². The molecule has 2 aliphatic rings. The number of hydrogen-bond donors (Lipinski definition) is 1. The van der Waals surface area contributed by atoms with Crippen molar-refractivity contribution in [1.82, 2.24) is 10.2 Å². The standard InChI is InChI=1S/C17H24FN3O2.2ClH/c18-16-7-6-14(21(22)23)12-15(16)17(13-4-2-1-3-5-13)20-10-8-19-9-11-20;;/h6-7,12-13,17,19H,1-5,8-11H2;2*1H/t17-;;/m1../s1. The first-order valence-corrected chi connectivity index (χ1v) is 8.55. The van der Waals surface area contributed by atoms with Crippen LogP contribution in [0, 0.1) is 21.8 Å². The minimum atomic E-state index is -0.432. The summed E-state index contributed by atoms with van der Waals surface area (Å²) in [5.74, 6) is 0.0723. The van der Waals surface area contributed by atoms with Crippen molar-refractivity contribution in [2.45, 2.75) is 38.1 Å². The highest BCUT2D eigenvalue weighted by Crippen LogP contribution is 2.40. The zero-order valence-electron chi connectivity index (χ0n) is 14.2. The number of halogens is 3. The van der Waals surface area contributed by atoms with Gasteiger partial charge in [0.25, 0.3) is 5.69 Å². The van der Waals surface area contributed by atoms with E-state index in [1.54, 1.807) is 0 Å². The summed E-state index contributed by atoms with van der Waals surface area (Å²) in [6, 6.07) is 3.92. The van der Waals surface area contributed by atoms with Gasteiger partial charge in [-0.25, -0.2) is 4.39 Å². The zero-order chi connectivity index (χ0) is 16.2. The van der Waals surface area contributed by atoms with Gasteiger partial charge in [-0.1, -0.05) is 19.3 Å². The van der Waals surface area contributed by atoms with Gasteiger partial charge in [-0.3, -0.25) is 15.0 Å². The molecular formula is C17H26Cl2FN3O2. The van der Waals surface area contributed by atoms with Gasteiger partial charge in [-0.05, 0) is 24.8 Å². The van der Waals surface area contributed by atoms with E-state index in [0.29, 0.717) is 11.5 Å². The Morgan fingerprint density at radius 1 is 1.16 bits per heavy atom. The lowest BCUT2D eigenvalue weighted by Gasteiger charge is -2.41. The largest absolute Gasteiger partial charge is 0.314 e. The Morgan fingerprint density at radius 2 is 1.80 bits per heavy atom. The number of benzene rings is 1. The minimum Gasteiger partial charge on any atom is -0.314 e. The number of rotatable bonds is 4. The molecule has 1 aliphatic heterocycles. The van der Waals surface area contributed by atoms with E-state index in [9.17, 15) is 14.5 Å². The highest BCUT2D eigenvalue weighted by atomic mass is 35.5. The molecule has 0 bridgehead atoms. The molecule has 1 aromatic carbocycles. The summed E-state index contributed by atoms with van der Waals surface area (Å²) in [6.45, 7) is 3.51. The summed E-state index contributed by atoms with van der Waals surface area (Å²) in [5.41, 5.74) is 0.491. The fourth-order valence-electron chi connectivity index (χ4n) is 4.03. The van der Waals surface area contributed by atoms with Crippen molar-refractivity contribution in [1.29, 1.82) is 0 Å². The number of nitrogens with zero attached hydrogens (tertiary/aromatic N) is 2. The molecular weight excluding hydrogens is 368 g/mol. The molecule has 1 saturated carbocycles. The van der Waals surface area contributed by atoms with Crippen molar-refractivity contribution in [3.05, 3.63) is 39.7 Å². The molecule has 0 unspecified atom stereocenters. The summed E-state index contributed by atoms with van der Waals surface area (Å²) in [6.07, 6.45) is 5.74. The maximum atomic E-state index is 14.5. The zero-order valence-corrected chi connectivity index (χ0v) is 15.8. The van der Waals surface area contributed by atoms with E-state index in [0.717, 1.165) is 39.0 Å². The van der Waals surface area contributed by atoms with Crippen molar-refractivity contribution in [2.75, 3.05) is 26.2 Å². The van der Waals surface area contributed by atoms with E-state index in [-0.39, 0.29) is 42.4 Å². The van der Waals surface area contributed by atoms with Crippen molar-refractivity contribution in [3.63, 3.8) is 0 Å². The molecule has 8 heteroatoms. The molecule has 142 valence electrons. The van der Waals surface area contributed by atoms with Crippen molar-refractivity contribution >= 4 is 30.5 Å². The third kappa shape index (κ3) is 5.26. The van der Waals surface area contributed by atoms with Crippen LogP contribution in [0.4, 0.5) is 10.1 Å². The van der Waals surface area contributed by atoms with Crippen LogP contribution in [-0.2, 0) is 0 Å². The monoisotopic (exact) mass is 393 g/mol. The molecule has 0 radical (unpaired) electrons. The second-order valence-corrected chi connectivity index (χ2v) is 6.59. The molecule has 1 atom stereocenters. The summed E-state index contributed by atoms with van der Waals surface area (Å²) < 4.78 is 14.5. The lowest BCUT2D eigenvalue weighted by Crippen LogP contribution is -2.47. The maximum Gasteiger partial charge on any atom is 0.269 e. The molecule has 0 amide bonds. The second-order valence-electron chi connectivity index (χ2n) is 6.59. The Bertz CT molecular complexity index is 547. The molecule has 0 aromatic heterocycles. The lowest BCUT2D eigenvalue weighted by molar-refractivity contribution is -0.385. The van der Waals surface area contributed by atoms with Crippen molar-refractivity contribution in [2.24, 2.45) is 5.92 Å². The SMILES string of the molecule is Cl.Cl.O=[N+]([O-])c1ccc(F)c([C@@H](C2CCCCC2)N2CCNCC2)c1. The molecule has 1 saturated heterocycles. The van der Waals surface area contributed by atoms with Crippen LogP contribution in [0.25, 0.3) is 0 Å². The Balaban J connectivity index is 0.00000156. The van der Waals surface area contributed by atoms with E-state index in [1.807, 2.05) is 0 Å². The van der Waals surface area contributed by atoms with Crippen LogP contribution < -0.4 is 5.32 Å². The molecule has 1 aliphatic carbocycles. The topological polar surface area (TPSA) is 58.4 Å². The van der Waals surface area contributed by atoms with Crippen LogP contribution in [0.3, 0.4) is 0 Å². The van der Waals surface area contributed by atoms with Crippen molar-refractivity contribution in [3.8, 4) is 0 Å². The molecule has 1 aromatic rings. The third-order valence-corrected chi connectivity index (χ3v) is 5.15. The number of nitrogens with one attached hydrogen (secondary N) is 1. The van der Waals surface area contributed by atoms with Gasteiger partial charge in [0.05, 0.1) is 4.92 Å². The van der Waals surface area contributed by atoms with Crippen LogP contribution in [0.2, 0.25) is 0 Å².